The zero-order chi connectivity index (χ0) is 19.6. The zero-order valence-corrected chi connectivity index (χ0v) is 15.9. The molecule has 0 N–H and O–H groups in total. The van der Waals surface area contributed by atoms with Crippen molar-refractivity contribution in [2.24, 2.45) is 4.99 Å². The van der Waals surface area contributed by atoms with Crippen LogP contribution in [0.25, 0.3) is 0 Å². The topological polar surface area (TPSA) is 47.9 Å². The van der Waals surface area contributed by atoms with E-state index in [1.54, 1.807) is 18.2 Å². The van der Waals surface area contributed by atoms with Crippen LogP contribution in [0.5, 0.6) is 11.5 Å². The highest BCUT2D eigenvalue weighted by atomic mass is 16.5. The molecule has 0 fully saturated rings. The van der Waals surface area contributed by atoms with Gasteiger partial charge in [-0.25, -0.2) is 4.79 Å². The van der Waals surface area contributed by atoms with E-state index in [1.807, 2.05) is 42.6 Å². The van der Waals surface area contributed by atoms with Crippen LogP contribution in [0.15, 0.2) is 83.9 Å². The summed E-state index contributed by atoms with van der Waals surface area (Å²) in [5.41, 5.74) is 2.74. The summed E-state index contributed by atoms with van der Waals surface area (Å²) in [4.78, 5) is 16.3. The van der Waals surface area contributed by atoms with Crippen LogP contribution in [0.4, 0.5) is 0 Å². The van der Waals surface area contributed by atoms with E-state index in [0.29, 0.717) is 17.1 Å². The Morgan fingerprint density at radius 2 is 1.64 bits per heavy atom. The molecule has 28 heavy (non-hydrogen) atoms. The maximum atomic E-state index is 11.8. The molecule has 4 nitrogen and oxygen atoms in total. The van der Waals surface area contributed by atoms with Crippen molar-refractivity contribution >= 4 is 12.2 Å². The maximum absolute atomic E-state index is 11.8. The Hall–Kier alpha value is -3.40. The number of esters is 1. The molecular weight excluding hydrogens is 350 g/mol. The number of benzene rings is 3. The van der Waals surface area contributed by atoms with Crippen LogP contribution in [0, 0.1) is 0 Å². The summed E-state index contributed by atoms with van der Waals surface area (Å²) in [6.45, 7) is 0.791. The third-order valence-electron chi connectivity index (χ3n) is 4.24. The Morgan fingerprint density at radius 1 is 0.929 bits per heavy atom. The number of aryl methyl sites for hydroxylation is 1. The average Bonchev–Trinajstić information content (AvgIpc) is 2.75. The number of nitrogens with zero attached hydrogens (tertiary/aromatic N) is 1. The summed E-state index contributed by atoms with van der Waals surface area (Å²) in [5, 5.41) is 0. The fraction of sp³-hybridized carbons (Fsp3) is 0.167. The molecule has 3 rings (SSSR count). The molecule has 0 heterocycles. The van der Waals surface area contributed by atoms with Gasteiger partial charge >= 0.3 is 5.97 Å². The van der Waals surface area contributed by atoms with E-state index >= 15 is 0 Å². The molecule has 0 amide bonds. The molecule has 0 atom stereocenters. The molecule has 0 aromatic heterocycles. The van der Waals surface area contributed by atoms with Crippen LogP contribution < -0.4 is 4.74 Å². The van der Waals surface area contributed by atoms with Gasteiger partial charge in [0.15, 0.2) is 0 Å². The van der Waals surface area contributed by atoms with Crippen LogP contribution in [0.3, 0.4) is 0 Å². The Morgan fingerprint density at radius 3 is 2.39 bits per heavy atom. The second-order valence-electron chi connectivity index (χ2n) is 6.28. The van der Waals surface area contributed by atoms with Gasteiger partial charge < -0.3 is 9.47 Å². The predicted octanol–water partition coefficient (Wildman–Crippen LogP) is 5.32. The first-order valence-corrected chi connectivity index (χ1v) is 9.25. The Bertz CT molecular complexity index is 918. The lowest BCUT2D eigenvalue weighted by Gasteiger charge is -2.09. The van der Waals surface area contributed by atoms with E-state index in [4.69, 9.17) is 9.47 Å². The summed E-state index contributed by atoms with van der Waals surface area (Å²) >= 11 is 0. The van der Waals surface area contributed by atoms with Gasteiger partial charge in [-0.1, -0.05) is 42.5 Å². The molecule has 0 aliphatic rings. The number of carbonyl (C=O) groups is 1. The SMILES string of the molecule is COC(=O)c1ccccc1Oc1ccc(/C=N\CCCc2ccccc2)cc1. The molecule has 0 spiro atoms. The molecule has 0 saturated heterocycles. The van der Waals surface area contributed by atoms with E-state index in [2.05, 4.69) is 29.3 Å². The number of aliphatic imine (C=N–C) groups is 1. The third-order valence-corrected chi connectivity index (χ3v) is 4.24. The van der Waals surface area contributed by atoms with Gasteiger partial charge in [-0.3, -0.25) is 4.99 Å². The highest BCUT2D eigenvalue weighted by molar-refractivity contribution is 5.92. The van der Waals surface area contributed by atoms with Crippen molar-refractivity contribution in [1.29, 1.82) is 0 Å². The van der Waals surface area contributed by atoms with Gasteiger partial charge in [0.2, 0.25) is 0 Å². The number of rotatable bonds is 8. The number of methoxy groups -OCH3 is 1. The van der Waals surface area contributed by atoms with Gasteiger partial charge in [0, 0.05) is 12.8 Å². The van der Waals surface area contributed by atoms with Crippen LogP contribution in [-0.2, 0) is 11.2 Å². The lowest BCUT2D eigenvalue weighted by molar-refractivity contribution is 0.0598. The Balaban J connectivity index is 1.53. The number of hydrogen-bond acceptors (Lipinski definition) is 4. The fourth-order valence-corrected chi connectivity index (χ4v) is 2.77. The highest BCUT2D eigenvalue weighted by Gasteiger charge is 2.12. The molecule has 0 unspecified atom stereocenters. The summed E-state index contributed by atoms with van der Waals surface area (Å²) in [6.07, 6.45) is 3.92. The van der Waals surface area contributed by atoms with Crippen molar-refractivity contribution in [2.75, 3.05) is 13.7 Å². The monoisotopic (exact) mass is 373 g/mol. The largest absolute Gasteiger partial charge is 0.465 e. The third kappa shape index (κ3) is 5.55. The van der Waals surface area contributed by atoms with Gasteiger partial charge in [-0.05, 0) is 60.4 Å². The van der Waals surface area contributed by atoms with Gasteiger partial charge in [0.25, 0.3) is 0 Å². The summed E-state index contributed by atoms with van der Waals surface area (Å²) in [6, 6.07) is 25.1. The summed E-state index contributed by atoms with van der Waals surface area (Å²) < 4.78 is 10.6. The van der Waals surface area contributed by atoms with Crippen LogP contribution >= 0.6 is 0 Å². The summed E-state index contributed by atoms with van der Waals surface area (Å²) in [5.74, 6) is 0.698. The smallest absolute Gasteiger partial charge is 0.341 e. The van der Waals surface area contributed by atoms with Crippen LogP contribution in [0.1, 0.15) is 27.9 Å². The maximum Gasteiger partial charge on any atom is 0.341 e. The second-order valence-corrected chi connectivity index (χ2v) is 6.28. The van der Waals surface area contributed by atoms with Gasteiger partial charge in [-0.15, -0.1) is 0 Å². The standard InChI is InChI=1S/C24H23NO3/c1-27-24(26)22-11-5-6-12-23(22)28-21-15-13-20(14-16-21)18-25-17-7-10-19-8-3-2-4-9-19/h2-6,8-9,11-16,18H,7,10,17H2,1H3/b25-18-. The predicted molar refractivity (Wildman–Crippen MR) is 112 cm³/mol. The normalized spacial score (nSPS) is 10.8. The Labute approximate surface area is 165 Å². The van der Waals surface area contributed by atoms with E-state index in [9.17, 15) is 4.79 Å². The number of carbonyl (C=O) groups excluding carboxylic acids is 1. The van der Waals surface area contributed by atoms with Crippen molar-refractivity contribution in [3.05, 3.63) is 95.6 Å². The average molecular weight is 373 g/mol. The Kier molecular flexibility index (Phi) is 6.96. The van der Waals surface area contributed by atoms with E-state index in [1.165, 1.54) is 12.7 Å². The number of para-hydroxylation sites is 1. The minimum Gasteiger partial charge on any atom is -0.465 e. The molecule has 0 radical (unpaired) electrons. The molecule has 0 saturated carbocycles. The quantitative estimate of drug-likeness (QED) is 0.305. The number of hydrogen-bond donors (Lipinski definition) is 0. The lowest BCUT2D eigenvalue weighted by Crippen LogP contribution is -2.03. The van der Waals surface area contributed by atoms with Crippen molar-refractivity contribution in [3.63, 3.8) is 0 Å². The van der Waals surface area contributed by atoms with Crippen molar-refractivity contribution < 1.29 is 14.3 Å². The molecule has 0 aliphatic carbocycles. The molecule has 142 valence electrons. The van der Waals surface area contributed by atoms with Gasteiger partial charge in [-0.2, -0.15) is 0 Å². The number of ether oxygens (including phenoxy) is 2. The van der Waals surface area contributed by atoms with Gasteiger partial charge in [0.1, 0.15) is 17.1 Å². The van der Waals surface area contributed by atoms with Crippen molar-refractivity contribution in [3.8, 4) is 11.5 Å². The minimum absolute atomic E-state index is 0.397. The van der Waals surface area contributed by atoms with Crippen LogP contribution in [-0.4, -0.2) is 25.8 Å². The molecule has 4 heteroatoms. The molecule has 3 aromatic rings. The summed E-state index contributed by atoms with van der Waals surface area (Å²) in [7, 11) is 1.35. The molecule has 3 aromatic carbocycles. The van der Waals surface area contributed by atoms with Gasteiger partial charge in [0.05, 0.1) is 7.11 Å². The van der Waals surface area contributed by atoms with Crippen molar-refractivity contribution in [1.82, 2.24) is 0 Å². The molecular formula is C24H23NO3. The second kappa shape index (κ2) is 10.1. The van der Waals surface area contributed by atoms with E-state index in [0.717, 1.165) is 24.9 Å². The first kappa shape index (κ1) is 19.4. The lowest BCUT2D eigenvalue weighted by atomic mass is 10.1. The highest BCUT2D eigenvalue weighted by Crippen LogP contribution is 2.25. The first-order valence-electron chi connectivity index (χ1n) is 9.25. The van der Waals surface area contributed by atoms with Crippen molar-refractivity contribution in [2.45, 2.75) is 12.8 Å². The van der Waals surface area contributed by atoms with Crippen LogP contribution in [0.2, 0.25) is 0 Å². The minimum atomic E-state index is -0.421. The zero-order valence-electron chi connectivity index (χ0n) is 15.9. The van der Waals surface area contributed by atoms with E-state index < -0.39 is 5.97 Å². The fourth-order valence-electron chi connectivity index (χ4n) is 2.77. The molecule has 0 bridgehead atoms. The first-order chi connectivity index (χ1) is 13.8. The van der Waals surface area contributed by atoms with E-state index in [-0.39, 0.29) is 0 Å². The molecule has 0 aliphatic heterocycles.